The van der Waals surface area contributed by atoms with E-state index in [0.29, 0.717) is 18.6 Å². The molecule has 2 N–H and O–H groups in total. The molecule has 0 saturated carbocycles. The van der Waals surface area contributed by atoms with Crippen molar-refractivity contribution in [2.24, 2.45) is 5.90 Å². The highest BCUT2D eigenvalue weighted by Gasteiger charge is 2.26. The largest absolute Gasteiger partial charge is 0.366 e. The monoisotopic (exact) mass is 234 g/mol. The van der Waals surface area contributed by atoms with Crippen LogP contribution in [-0.4, -0.2) is 19.2 Å². The maximum absolute atomic E-state index is 5.22. The molecule has 0 amide bonds. The molecule has 0 spiro atoms. The summed E-state index contributed by atoms with van der Waals surface area (Å²) in [6.07, 6.45) is 2.39. The number of rotatable bonds is 4. The maximum Gasteiger partial charge on any atom is 0.0882 e. The molecule has 1 saturated heterocycles. The van der Waals surface area contributed by atoms with Crippen molar-refractivity contribution in [1.82, 2.24) is 0 Å². The first kappa shape index (κ1) is 12.4. The summed E-state index contributed by atoms with van der Waals surface area (Å²) in [5.74, 6) is 5.77. The standard InChI is InChI=1S/C14H22N2O/c1-11(2)13-7-3-4-8-14(13)16-9-5-6-12(16)10-17-15/h3-4,7-8,11-12H,5-6,9-10,15H2,1-2H3. The molecule has 1 aliphatic rings. The van der Waals surface area contributed by atoms with E-state index in [2.05, 4.69) is 43.0 Å². The molecule has 0 aromatic heterocycles. The van der Waals surface area contributed by atoms with Crippen LogP contribution in [0.5, 0.6) is 0 Å². The van der Waals surface area contributed by atoms with Gasteiger partial charge in [0.15, 0.2) is 0 Å². The predicted octanol–water partition coefficient (Wildman–Crippen LogP) is 2.67. The molecule has 0 aliphatic carbocycles. The highest BCUT2D eigenvalue weighted by atomic mass is 16.6. The van der Waals surface area contributed by atoms with Crippen LogP contribution in [0.2, 0.25) is 0 Å². The Morgan fingerprint density at radius 2 is 2.18 bits per heavy atom. The van der Waals surface area contributed by atoms with Crippen LogP contribution < -0.4 is 10.8 Å². The second kappa shape index (κ2) is 5.52. The van der Waals surface area contributed by atoms with Crippen LogP contribution in [-0.2, 0) is 4.84 Å². The van der Waals surface area contributed by atoms with Gasteiger partial charge in [0.05, 0.1) is 12.6 Å². The minimum absolute atomic E-state index is 0.430. The van der Waals surface area contributed by atoms with Gasteiger partial charge >= 0.3 is 0 Å². The molecule has 3 heteroatoms. The van der Waals surface area contributed by atoms with Crippen LogP contribution in [0.1, 0.15) is 38.2 Å². The van der Waals surface area contributed by atoms with Crippen molar-refractivity contribution in [3.63, 3.8) is 0 Å². The summed E-state index contributed by atoms with van der Waals surface area (Å²) in [6.45, 7) is 6.21. The summed E-state index contributed by atoms with van der Waals surface area (Å²) in [5, 5.41) is 0. The molecule has 1 heterocycles. The molecular weight excluding hydrogens is 212 g/mol. The Morgan fingerprint density at radius 1 is 1.41 bits per heavy atom. The van der Waals surface area contributed by atoms with Crippen LogP contribution in [0.4, 0.5) is 5.69 Å². The second-order valence-electron chi connectivity index (χ2n) is 5.04. The van der Waals surface area contributed by atoms with Crippen LogP contribution in [0, 0.1) is 0 Å². The van der Waals surface area contributed by atoms with E-state index in [-0.39, 0.29) is 0 Å². The number of nitrogens with zero attached hydrogens (tertiary/aromatic N) is 1. The van der Waals surface area contributed by atoms with E-state index in [0.717, 1.165) is 6.54 Å². The van der Waals surface area contributed by atoms with Gasteiger partial charge < -0.3 is 9.74 Å². The third-order valence-electron chi connectivity index (χ3n) is 3.53. The average molecular weight is 234 g/mol. The van der Waals surface area contributed by atoms with Gasteiger partial charge in [-0.2, -0.15) is 0 Å². The number of benzene rings is 1. The average Bonchev–Trinajstić information content (AvgIpc) is 2.77. The van der Waals surface area contributed by atoms with E-state index in [1.165, 1.54) is 24.1 Å². The van der Waals surface area contributed by atoms with E-state index < -0.39 is 0 Å². The van der Waals surface area contributed by atoms with Crippen LogP contribution in [0.25, 0.3) is 0 Å². The Morgan fingerprint density at radius 3 is 2.88 bits per heavy atom. The topological polar surface area (TPSA) is 38.5 Å². The molecular formula is C14H22N2O. The summed E-state index contributed by atoms with van der Waals surface area (Å²) in [7, 11) is 0. The zero-order valence-electron chi connectivity index (χ0n) is 10.7. The number of hydrogen-bond donors (Lipinski definition) is 1. The fourth-order valence-electron chi connectivity index (χ4n) is 2.67. The molecule has 2 rings (SSSR count). The summed E-state index contributed by atoms with van der Waals surface area (Å²) in [4.78, 5) is 7.28. The number of para-hydroxylation sites is 1. The third-order valence-corrected chi connectivity index (χ3v) is 3.53. The summed E-state index contributed by atoms with van der Waals surface area (Å²) in [5.41, 5.74) is 2.76. The Bertz CT molecular complexity index is 365. The molecule has 1 atom stereocenters. The highest BCUT2D eigenvalue weighted by molar-refractivity contribution is 5.56. The van der Waals surface area contributed by atoms with Gasteiger partial charge in [-0.25, -0.2) is 5.90 Å². The van der Waals surface area contributed by atoms with E-state index in [1.807, 2.05) is 0 Å². The van der Waals surface area contributed by atoms with Crippen molar-refractivity contribution in [2.75, 3.05) is 18.1 Å². The zero-order chi connectivity index (χ0) is 12.3. The summed E-state index contributed by atoms with van der Waals surface area (Å²) < 4.78 is 0. The van der Waals surface area contributed by atoms with Gasteiger partial charge in [-0.1, -0.05) is 32.0 Å². The molecule has 94 valence electrons. The number of anilines is 1. The van der Waals surface area contributed by atoms with Gasteiger partial charge in [0.1, 0.15) is 0 Å². The van der Waals surface area contributed by atoms with Crippen LogP contribution in [0.15, 0.2) is 24.3 Å². The van der Waals surface area contributed by atoms with Crippen molar-refractivity contribution < 1.29 is 4.84 Å². The van der Waals surface area contributed by atoms with Crippen molar-refractivity contribution in [2.45, 2.75) is 38.6 Å². The zero-order valence-corrected chi connectivity index (χ0v) is 10.7. The lowest BCUT2D eigenvalue weighted by atomic mass is 10.00. The van der Waals surface area contributed by atoms with Gasteiger partial charge in [0.2, 0.25) is 0 Å². The molecule has 1 aromatic carbocycles. The molecule has 17 heavy (non-hydrogen) atoms. The smallest absolute Gasteiger partial charge is 0.0882 e. The molecule has 1 aromatic rings. The SMILES string of the molecule is CC(C)c1ccccc1N1CCCC1CON. The quantitative estimate of drug-likeness (QED) is 0.814. The number of hydrogen-bond acceptors (Lipinski definition) is 3. The minimum atomic E-state index is 0.430. The van der Waals surface area contributed by atoms with E-state index >= 15 is 0 Å². The summed E-state index contributed by atoms with van der Waals surface area (Å²) in [6, 6.07) is 9.09. The molecule has 1 unspecified atom stereocenters. The minimum Gasteiger partial charge on any atom is -0.366 e. The Hall–Kier alpha value is -1.06. The van der Waals surface area contributed by atoms with Crippen molar-refractivity contribution >= 4 is 5.69 Å². The lowest BCUT2D eigenvalue weighted by molar-refractivity contribution is 0.124. The Balaban J connectivity index is 2.26. The van der Waals surface area contributed by atoms with Crippen molar-refractivity contribution in [3.8, 4) is 0 Å². The van der Waals surface area contributed by atoms with E-state index in [9.17, 15) is 0 Å². The fourth-order valence-corrected chi connectivity index (χ4v) is 2.67. The summed E-state index contributed by atoms with van der Waals surface area (Å²) >= 11 is 0. The van der Waals surface area contributed by atoms with E-state index in [1.54, 1.807) is 0 Å². The lowest BCUT2D eigenvalue weighted by Gasteiger charge is -2.29. The molecule has 0 radical (unpaired) electrons. The van der Waals surface area contributed by atoms with Crippen molar-refractivity contribution in [1.29, 1.82) is 0 Å². The molecule has 1 fully saturated rings. The van der Waals surface area contributed by atoms with Gasteiger partial charge in [0.25, 0.3) is 0 Å². The molecule has 1 aliphatic heterocycles. The first-order valence-corrected chi connectivity index (χ1v) is 6.41. The van der Waals surface area contributed by atoms with Crippen LogP contribution in [0.3, 0.4) is 0 Å². The first-order valence-electron chi connectivity index (χ1n) is 6.41. The van der Waals surface area contributed by atoms with Gasteiger partial charge in [-0.05, 0) is 30.4 Å². The van der Waals surface area contributed by atoms with E-state index in [4.69, 9.17) is 10.7 Å². The lowest BCUT2D eigenvalue weighted by Crippen LogP contribution is -2.34. The predicted molar refractivity (Wildman–Crippen MR) is 71.0 cm³/mol. The Labute approximate surface area is 104 Å². The van der Waals surface area contributed by atoms with Crippen LogP contribution >= 0.6 is 0 Å². The molecule has 0 bridgehead atoms. The first-order chi connectivity index (χ1) is 8.24. The maximum atomic E-state index is 5.22. The molecule has 3 nitrogen and oxygen atoms in total. The van der Waals surface area contributed by atoms with Gasteiger partial charge in [-0.15, -0.1) is 0 Å². The third kappa shape index (κ3) is 2.61. The highest BCUT2D eigenvalue weighted by Crippen LogP contribution is 2.32. The van der Waals surface area contributed by atoms with Gasteiger partial charge in [-0.3, -0.25) is 0 Å². The normalized spacial score (nSPS) is 20.2. The Kier molecular flexibility index (Phi) is 4.02. The second-order valence-corrected chi connectivity index (χ2v) is 5.04. The van der Waals surface area contributed by atoms with Crippen molar-refractivity contribution in [3.05, 3.63) is 29.8 Å². The fraction of sp³-hybridized carbons (Fsp3) is 0.571. The van der Waals surface area contributed by atoms with Gasteiger partial charge in [0, 0.05) is 12.2 Å². The number of nitrogens with two attached hydrogens (primary N) is 1.